The van der Waals surface area contributed by atoms with E-state index in [2.05, 4.69) is 133 Å². The maximum atomic E-state index is 5.23. The fourth-order valence-corrected chi connectivity index (χ4v) is 8.65. The second kappa shape index (κ2) is 11.9. The summed E-state index contributed by atoms with van der Waals surface area (Å²) in [5.74, 6) is 1.78. The summed E-state index contributed by atoms with van der Waals surface area (Å²) in [6.07, 6.45) is 0. The lowest BCUT2D eigenvalue weighted by Gasteiger charge is -2.12. The van der Waals surface area contributed by atoms with Gasteiger partial charge in [0.1, 0.15) is 5.56 Å². The fourth-order valence-electron chi connectivity index (χ4n) is 8.65. The van der Waals surface area contributed by atoms with E-state index in [1.807, 2.05) is 42.5 Å². The van der Waals surface area contributed by atoms with Gasteiger partial charge in [-0.2, -0.15) is 0 Å². The molecule has 0 unspecified atom stereocenters. The molecule has 56 heavy (non-hydrogen) atoms. The molecule has 2 N–H and O–H groups in total. The summed E-state index contributed by atoms with van der Waals surface area (Å²) in [4.78, 5) is 15.5. The number of furan rings is 2. The van der Waals surface area contributed by atoms with E-state index in [1.165, 1.54) is 32.3 Å². The molecule has 0 amide bonds. The Balaban J connectivity index is 1.07. The molecule has 12 rings (SSSR count). The molecular formula is C51H31N3O2+2. The maximum absolute atomic E-state index is 5.23. The molecule has 0 saturated carbocycles. The number of para-hydroxylation sites is 2. The summed E-state index contributed by atoms with van der Waals surface area (Å²) in [6, 6.07) is 61.7. The Labute approximate surface area is 320 Å². The second-order valence-electron chi connectivity index (χ2n) is 14.4. The van der Waals surface area contributed by atoms with E-state index < -0.39 is 0 Å². The Hall–Kier alpha value is -7.63. The van der Waals surface area contributed by atoms with Crippen molar-refractivity contribution >= 4 is 76.2 Å². The van der Waals surface area contributed by atoms with Gasteiger partial charge in [0.05, 0.1) is 21.5 Å². The molecule has 0 atom stereocenters. The second-order valence-corrected chi connectivity index (χ2v) is 14.4. The van der Waals surface area contributed by atoms with E-state index in [9.17, 15) is 0 Å². The summed E-state index contributed by atoms with van der Waals surface area (Å²) in [6.45, 7) is 0. The van der Waals surface area contributed by atoms with Crippen LogP contribution in [0.25, 0.3) is 121 Å². The molecule has 5 nitrogen and oxygen atoms in total. The van der Waals surface area contributed by atoms with Crippen molar-refractivity contribution in [1.29, 1.82) is 0 Å². The van der Waals surface area contributed by atoms with E-state index in [4.69, 9.17) is 23.8 Å². The first-order valence-corrected chi connectivity index (χ1v) is 18.8. The van der Waals surface area contributed by atoms with Crippen LogP contribution in [0.3, 0.4) is 0 Å². The number of aromatic nitrogens is 3. The van der Waals surface area contributed by atoms with Crippen molar-refractivity contribution < 1.29 is 8.83 Å². The number of rotatable bonds is 4. The summed E-state index contributed by atoms with van der Waals surface area (Å²) in [7, 11) is 0. The predicted octanol–water partition coefficient (Wildman–Crippen LogP) is 14.0. The van der Waals surface area contributed by atoms with Crippen molar-refractivity contribution in [3.63, 3.8) is 0 Å². The molecule has 5 heteroatoms. The van der Waals surface area contributed by atoms with Crippen molar-refractivity contribution in [1.82, 2.24) is 15.0 Å². The molecule has 260 valence electrons. The summed E-state index contributed by atoms with van der Waals surface area (Å²) in [5.41, 5.74) is 8.65. The van der Waals surface area contributed by atoms with Gasteiger partial charge in [-0.25, -0.2) is 15.0 Å². The normalized spacial score (nSPS) is 11.9. The molecular weight excluding hydrogens is 687 g/mol. The van der Waals surface area contributed by atoms with Crippen LogP contribution in [0.5, 0.6) is 0 Å². The Kier molecular flexibility index (Phi) is 6.56. The Morgan fingerprint density at radius 3 is 1.57 bits per heavy atom. The van der Waals surface area contributed by atoms with Crippen LogP contribution >= 0.6 is 0 Å². The number of fused-ring (bicyclic) bond motifs is 12. The van der Waals surface area contributed by atoms with E-state index in [0.29, 0.717) is 17.5 Å². The number of hydrogen-bond donors (Lipinski definition) is 0. The number of hydrogen-bond acceptors (Lipinski definition) is 3. The highest BCUT2D eigenvalue weighted by molar-refractivity contribution is 6.26. The van der Waals surface area contributed by atoms with Gasteiger partial charge in [0.25, 0.3) is 22.3 Å². The molecule has 9 aromatic carbocycles. The zero-order valence-corrected chi connectivity index (χ0v) is 30.0. The summed E-state index contributed by atoms with van der Waals surface area (Å²) >= 11 is 0. The van der Waals surface area contributed by atoms with E-state index in [-0.39, 0.29) is 0 Å². The van der Waals surface area contributed by atoms with Crippen LogP contribution in [0.4, 0.5) is 0 Å². The SMILES string of the molecule is c1ccc(-c2nc(-c3cccc4c3[oH+]c3ccccc34)nc(-c3cccc4[oH+]c5ccc(-c6ccc7c8ccccc8c8ccccc8c7c6)cc5c34)n2)cc1. The van der Waals surface area contributed by atoms with Crippen molar-refractivity contribution in [3.05, 3.63) is 176 Å². The minimum Gasteiger partial charge on any atom is -0.545 e. The Morgan fingerprint density at radius 1 is 0.286 bits per heavy atom. The van der Waals surface area contributed by atoms with Gasteiger partial charge in [0.2, 0.25) is 0 Å². The van der Waals surface area contributed by atoms with Gasteiger partial charge < -0.3 is 8.83 Å². The molecule has 0 radical (unpaired) electrons. The Morgan fingerprint density at radius 2 is 0.804 bits per heavy atom. The largest absolute Gasteiger partial charge is 0.545 e. The highest BCUT2D eigenvalue weighted by Gasteiger charge is 2.24. The molecule has 0 aliphatic rings. The minimum absolute atomic E-state index is 0.583. The quantitative estimate of drug-likeness (QED) is 0.134. The standard InChI is InChI=1S/C51H29N3O2/c1-2-12-30(13-3-1)49-52-50(54-51(53-49)41-21-10-19-39-38-18-8-9-22-44(38)56-48(39)41)40-20-11-23-46-47(40)43-29-32(25-27-45(43)55-46)31-24-26-37-35-16-5-4-14-33(35)34-15-6-7-17-36(34)42(37)28-31/h1-29H/p+2. The summed E-state index contributed by atoms with van der Waals surface area (Å²) < 4.78 is 10.2. The van der Waals surface area contributed by atoms with Gasteiger partial charge in [-0.1, -0.05) is 115 Å². The van der Waals surface area contributed by atoms with Crippen molar-refractivity contribution in [3.8, 4) is 45.3 Å². The van der Waals surface area contributed by atoms with Crippen LogP contribution in [-0.2, 0) is 0 Å². The third kappa shape index (κ3) is 4.64. The highest BCUT2D eigenvalue weighted by atomic mass is 16.3. The monoisotopic (exact) mass is 717 g/mol. The zero-order chi connectivity index (χ0) is 36.7. The first-order valence-electron chi connectivity index (χ1n) is 18.8. The molecule has 0 aliphatic carbocycles. The molecule has 0 bridgehead atoms. The number of benzene rings is 9. The van der Waals surface area contributed by atoms with Gasteiger partial charge in [0.15, 0.2) is 17.5 Å². The van der Waals surface area contributed by atoms with Crippen LogP contribution in [0.1, 0.15) is 0 Å². The highest BCUT2D eigenvalue weighted by Crippen LogP contribution is 2.41. The molecule has 0 spiro atoms. The first kappa shape index (κ1) is 30.8. The van der Waals surface area contributed by atoms with Gasteiger partial charge in [-0.05, 0) is 85.9 Å². The maximum Gasteiger partial charge on any atom is 0.280 e. The fraction of sp³-hybridized carbons (Fsp3) is 0. The first-order chi connectivity index (χ1) is 27.7. The lowest BCUT2D eigenvalue weighted by Crippen LogP contribution is -2.00. The van der Waals surface area contributed by atoms with Crippen LogP contribution < -0.4 is 0 Å². The third-order valence-electron chi connectivity index (χ3n) is 11.2. The van der Waals surface area contributed by atoms with Crippen LogP contribution in [-0.4, -0.2) is 15.0 Å². The van der Waals surface area contributed by atoms with Crippen LogP contribution in [0.2, 0.25) is 0 Å². The van der Waals surface area contributed by atoms with E-state index in [1.54, 1.807) is 0 Å². The Bertz CT molecular complexity index is 3510. The van der Waals surface area contributed by atoms with Gasteiger partial charge >= 0.3 is 0 Å². The molecule has 3 aromatic heterocycles. The molecule has 0 aliphatic heterocycles. The zero-order valence-electron chi connectivity index (χ0n) is 30.0. The average molecular weight is 718 g/mol. The predicted molar refractivity (Wildman–Crippen MR) is 231 cm³/mol. The minimum atomic E-state index is 0.583. The lowest BCUT2D eigenvalue weighted by molar-refractivity contribution is 0.668. The van der Waals surface area contributed by atoms with E-state index in [0.717, 1.165) is 71.7 Å². The lowest BCUT2D eigenvalue weighted by atomic mass is 9.92. The van der Waals surface area contributed by atoms with Crippen molar-refractivity contribution in [2.24, 2.45) is 0 Å². The van der Waals surface area contributed by atoms with Gasteiger partial charge in [-0.15, -0.1) is 0 Å². The molecule has 3 heterocycles. The topological polar surface area (TPSA) is 64.3 Å². The molecule has 0 fully saturated rings. The number of nitrogens with zero attached hydrogens (tertiary/aromatic N) is 3. The molecule has 12 aromatic rings. The van der Waals surface area contributed by atoms with Gasteiger partial charge in [0, 0.05) is 29.3 Å². The van der Waals surface area contributed by atoms with Crippen molar-refractivity contribution in [2.45, 2.75) is 0 Å². The smallest absolute Gasteiger partial charge is 0.280 e. The van der Waals surface area contributed by atoms with Crippen LogP contribution in [0.15, 0.2) is 185 Å². The average Bonchev–Trinajstić information content (AvgIpc) is 3.85. The van der Waals surface area contributed by atoms with Gasteiger partial charge in [-0.3, -0.25) is 0 Å². The van der Waals surface area contributed by atoms with Crippen LogP contribution in [0, 0.1) is 0 Å². The van der Waals surface area contributed by atoms with E-state index >= 15 is 0 Å². The van der Waals surface area contributed by atoms with Crippen molar-refractivity contribution in [2.75, 3.05) is 0 Å². The summed E-state index contributed by atoms with van der Waals surface area (Å²) in [5, 5.41) is 11.9. The third-order valence-corrected chi connectivity index (χ3v) is 11.2. The molecule has 0 saturated heterocycles.